The van der Waals surface area contributed by atoms with Crippen molar-refractivity contribution in [2.45, 2.75) is 12.3 Å². The summed E-state index contributed by atoms with van der Waals surface area (Å²) < 4.78 is 0. The molecular weight excluding hydrogens is 260 g/mol. The zero-order chi connectivity index (χ0) is 13.4. The van der Waals surface area contributed by atoms with Gasteiger partial charge in [-0.05, 0) is 30.2 Å². The van der Waals surface area contributed by atoms with E-state index in [9.17, 15) is 4.79 Å². The predicted molar refractivity (Wildman–Crippen MR) is 77.8 cm³/mol. The number of aromatic amines is 2. The van der Waals surface area contributed by atoms with Crippen LogP contribution in [-0.4, -0.2) is 9.97 Å². The second-order valence-corrected chi connectivity index (χ2v) is 5.10. The maximum absolute atomic E-state index is 11.2. The molecule has 0 saturated heterocycles. The first-order chi connectivity index (χ1) is 9.13. The predicted octanol–water partition coefficient (Wildman–Crippen LogP) is 3.49. The Morgan fingerprint density at radius 2 is 1.74 bits per heavy atom. The number of fused-ring (bicyclic) bond motifs is 1. The molecule has 0 bridgehead atoms. The summed E-state index contributed by atoms with van der Waals surface area (Å²) in [6.07, 6.45) is 0. The van der Waals surface area contributed by atoms with Crippen molar-refractivity contribution in [3.63, 3.8) is 0 Å². The summed E-state index contributed by atoms with van der Waals surface area (Å²) in [6, 6.07) is 13.8. The van der Waals surface area contributed by atoms with Crippen molar-refractivity contribution in [3.8, 4) is 0 Å². The number of aryl methyl sites for hydroxylation is 1. The molecule has 1 heterocycles. The third-order valence-electron chi connectivity index (χ3n) is 3.17. The number of rotatable bonds is 2. The van der Waals surface area contributed by atoms with Gasteiger partial charge in [0.1, 0.15) is 0 Å². The number of aromatic nitrogens is 2. The van der Waals surface area contributed by atoms with Gasteiger partial charge < -0.3 is 9.97 Å². The zero-order valence-corrected chi connectivity index (χ0v) is 11.2. The Kier molecular flexibility index (Phi) is 2.91. The fourth-order valence-electron chi connectivity index (χ4n) is 2.23. The summed E-state index contributed by atoms with van der Waals surface area (Å²) in [5.41, 5.74) is 4.57. The SMILES string of the molecule is Cc1cccc(C(Cl)c2ccc3[nH]c(=O)[nH]c3c2)c1. The summed E-state index contributed by atoms with van der Waals surface area (Å²) in [7, 11) is 0. The quantitative estimate of drug-likeness (QED) is 0.689. The molecular formula is C15H13ClN2O. The molecule has 2 aromatic carbocycles. The number of H-pyrrole nitrogens is 2. The molecule has 2 N–H and O–H groups in total. The van der Waals surface area contributed by atoms with Crippen molar-refractivity contribution in [2.24, 2.45) is 0 Å². The van der Waals surface area contributed by atoms with Crippen LogP contribution in [0, 0.1) is 6.92 Å². The lowest BCUT2D eigenvalue weighted by atomic mass is 10.0. The van der Waals surface area contributed by atoms with E-state index in [1.54, 1.807) is 0 Å². The van der Waals surface area contributed by atoms with Crippen LogP contribution in [-0.2, 0) is 0 Å². The van der Waals surface area contributed by atoms with Gasteiger partial charge in [-0.3, -0.25) is 0 Å². The van der Waals surface area contributed by atoms with E-state index in [4.69, 9.17) is 11.6 Å². The van der Waals surface area contributed by atoms with E-state index in [2.05, 4.69) is 16.0 Å². The van der Waals surface area contributed by atoms with Gasteiger partial charge in [0.25, 0.3) is 0 Å². The smallest absolute Gasteiger partial charge is 0.306 e. The molecule has 4 heteroatoms. The van der Waals surface area contributed by atoms with Gasteiger partial charge in [-0.15, -0.1) is 11.6 Å². The number of imidazole rings is 1. The summed E-state index contributed by atoms with van der Waals surface area (Å²) >= 11 is 6.51. The molecule has 0 fully saturated rings. The van der Waals surface area contributed by atoms with E-state index < -0.39 is 0 Å². The molecule has 3 rings (SSSR count). The molecule has 3 nitrogen and oxygen atoms in total. The molecule has 19 heavy (non-hydrogen) atoms. The first-order valence-corrected chi connectivity index (χ1v) is 6.50. The van der Waals surface area contributed by atoms with Gasteiger partial charge >= 0.3 is 5.69 Å². The van der Waals surface area contributed by atoms with Crippen molar-refractivity contribution >= 4 is 22.6 Å². The second-order valence-electron chi connectivity index (χ2n) is 4.66. The van der Waals surface area contributed by atoms with Crippen molar-refractivity contribution < 1.29 is 0 Å². The summed E-state index contributed by atoms with van der Waals surface area (Å²) in [5.74, 6) is 0. The molecule has 0 radical (unpaired) electrons. The Hall–Kier alpha value is -2.00. The molecule has 0 aliphatic carbocycles. The van der Waals surface area contributed by atoms with Crippen molar-refractivity contribution in [2.75, 3.05) is 0 Å². The molecule has 96 valence electrons. The molecule has 3 aromatic rings. The van der Waals surface area contributed by atoms with Gasteiger partial charge in [0, 0.05) is 0 Å². The monoisotopic (exact) mass is 272 g/mol. The van der Waals surface area contributed by atoms with Gasteiger partial charge in [-0.25, -0.2) is 4.79 Å². The lowest BCUT2D eigenvalue weighted by Crippen LogP contribution is -1.99. The van der Waals surface area contributed by atoms with Crippen LogP contribution in [0.2, 0.25) is 0 Å². The summed E-state index contributed by atoms with van der Waals surface area (Å²) in [5, 5.41) is -0.220. The van der Waals surface area contributed by atoms with Gasteiger partial charge in [0.2, 0.25) is 0 Å². The fourth-order valence-corrected chi connectivity index (χ4v) is 2.50. The third-order valence-corrected chi connectivity index (χ3v) is 3.67. The minimum Gasteiger partial charge on any atom is -0.306 e. The van der Waals surface area contributed by atoms with Gasteiger partial charge in [0.15, 0.2) is 0 Å². The Bertz CT molecular complexity index is 788. The number of nitrogens with one attached hydrogen (secondary N) is 2. The van der Waals surface area contributed by atoms with E-state index in [1.165, 1.54) is 5.56 Å². The van der Waals surface area contributed by atoms with Crippen LogP contribution in [0.3, 0.4) is 0 Å². The average Bonchev–Trinajstić information content (AvgIpc) is 2.76. The number of hydrogen-bond donors (Lipinski definition) is 2. The van der Waals surface area contributed by atoms with Crippen molar-refractivity contribution in [1.82, 2.24) is 9.97 Å². The molecule has 0 amide bonds. The Morgan fingerprint density at radius 1 is 1.00 bits per heavy atom. The van der Waals surface area contributed by atoms with Crippen molar-refractivity contribution in [3.05, 3.63) is 69.6 Å². The molecule has 1 unspecified atom stereocenters. The molecule has 0 spiro atoms. The lowest BCUT2D eigenvalue weighted by molar-refractivity contribution is 1.14. The highest BCUT2D eigenvalue weighted by Crippen LogP contribution is 2.30. The highest BCUT2D eigenvalue weighted by atomic mass is 35.5. The molecule has 0 saturated carbocycles. The Labute approximate surface area is 115 Å². The number of halogens is 1. The second kappa shape index (κ2) is 4.59. The van der Waals surface area contributed by atoms with E-state index in [-0.39, 0.29) is 11.1 Å². The van der Waals surface area contributed by atoms with Crippen LogP contribution < -0.4 is 5.69 Å². The largest absolute Gasteiger partial charge is 0.323 e. The zero-order valence-electron chi connectivity index (χ0n) is 10.4. The molecule has 1 atom stereocenters. The topological polar surface area (TPSA) is 48.6 Å². The summed E-state index contributed by atoms with van der Waals surface area (Å²) in [6.45, 7) is 2.04. The maximum Gasteiger partial charge on any atom is 0.323 e. The standard InChI is InChI=1S/C15H13ClN2O/c1-9-3-2-4-10(7-9)14(16)11-5-6-12-13(8-11)18-15(19)17-12/h2-8,14H,1H3,(H2,17,18,19). The number of alkyl halides is 1. The number of hydrogen-bond acceptors (Lipinski definition) is 1. The summed E-state index contributed by atoms with van der Waals surface area (Å²) in [4.78, 5) is 16.7. The van der Waals surface area contributed by atoms with Gasteiger partial charge in [-0.1, -0.05) is 35.9 Å². The normalized spacial score (nSPS) is 12.7. The van der Waals surface area contributed by atoms with Crippen LogP contribution in [0.15, 0.2) is 47.3 Å². The van der Waals surface area contributed by atoms with E-state index in [0.717, 1.165) is 22.2 Å². The highest BCUT2D eigenvalue weighted by molar-refractivity contribution is 6.22. The maximum atomic E-state index is 11.2. The number of benzene rings is 2. The van der Waals surface area contributed by atoms with Crippen LogP contribution in [0.25, 0.3) is 11.0 Å². The third kappa shape index (κ3) is 2.29. The van der Waals surface area contributed by atoms with Gasteiger partial charge in [-0.2, -0.15) is 0 Å². The minimum absolute atomic E-state index is 0.200. The first kappa shape index (κ1) is 12.1. The Morgan fingerprint density at radius 3 is 2.53 bits per heavy atom. The molecule has 1 aromatic heterocycles. The molecule has 0 aliphatic heterocycles. The van der Waals surface area contributed by atoms with Crippen LogP contribution in [0.5, 0.6) is 0 Å². The van der Waals surface area contributed by atoms with E-state index in [0.29, 0.717) is 0 Å². The van der Waals surface area contributed by atoms with E-state index >= 15 is 0 Å². The lowest BCUT2D eigenvalue weighted by Gasteiger charge is -2.11. The highest BCUT2D eigenvalue weighted by Gasteiger charge is 2.12. The van der Waals surface area contributed by atoms with Crippen LogP contribution in [0.1, 0.15) is 22.1 Å². The first-order valence-electron chi connectivity index (χ1n) is 6.06. The molecule has 0 aliphatic rings. The Balaban J connectivity index is 2.05. The average molecular weight is 273 g/mol. The van der Waals surface area contributed by atoms with Gasteiger partial charge in [0.05, 0.1) is 16.4 Å². The van der Waals surface area contributed by atoms with Crippen LogP contribution in [0.4, 0.5) is 0 Å². The minimum atomic E-state index is -0.220. The van der Waals surface area contributed by atoms with Crippen molar-refractivity contribution in [1.29, 1.82) is 0 Å². The van der Waals surface area contributed by atoms with Crippen LogP contribution >= 0.6 is 11.6 Å². The van der Waals surface area contributed by atoms with E-state index in [1.807, 2.05) is 43.3 Å². The fraction of sp³-hybridized carbons (Fsp3) is 0.133.